The van der Waals surface area contributed by atoms with Gasteiger partial charge in [0.1, 0.15) is 24.2 Å². The molecule has 0 spiro atoms. The molecule has 0 saturated heterocycles. The number of benzene rings is 1. The monoisotopic (exact) mass is 246 g/mol. The zero-order chi connectivity index (χ0) is 13.0. The predicted octanol–water partition coefficient (Wildman–Crippen LogP) is 2.81. The fraction of sp³-hybridized carbons (Fsp3) is 0.0769. The van der Waals surface area contributed by atoms with Gasteiger partial charge in [0.15, 0.2) is 0 Å². The van der Waals surface area contributed by atoms with Crippen molar-refractivity contribution in [2.45, 2.75) is 6.61 Å². The minimum atomic E-state index is -0.611. The van der Waals surface area contributed by atoms with Crippen LogP contribution in [0.2, 0.25) is 0 Å². The summed E-state index contributed by atoms with van der Waals surface area (Å²) in [6, 6.07) is 8.78. The number of aromatic nitrogens is 1. The van der Waals surface area contributed by atoms with Gasteiger partial charge in [-0.25, -0.2) is 9.37 Å². The van der Waals surface area contributed by atoms with Crippen LogP contribution in [0.15, 0.2) is 36.5 Å². The van der Waals surface area contributed by atoms with Crippen LogP contribution in [-0.4, -0.2) is 4.98 Å². The van der Waals surface area contributed by atoms with E-state index < -0.39 is 11.8 Å². The third kappa shape index (κ3) is 2.61. The van der Waals surface area contributed by atoms with Gasteiger partial charge >= 0.3 is 0 Å². The van der Waals surface area contributed by atoms with E-state index in [4.69, 9.17) is 10.00 Å². The van der Waals surface area contributed by atoms with Gasteiger partial charge in [-0.15, -0.1) is 0 Å². The molecular formula is C13H8F2N2O. The molecule has 0 aliphatic heterocycles. The van der Waals surface area contributed by atoms with Crippen molar-refractivity contribution in [3.63, 3.8) is 0 Å². The zero-order valence-electron chi connectivity index (χ0n) is 9.23. The molecule has 0 N–H and O–H groups in total. The molecule has 1 aromatic heterocycles. The largest absolute Gasteiger partial charge is 0.487 e. The number of rotatable bonds is 3. The standard InChI is InChI=1S/C13H8F2N2O/c14-12-5-4-11(7-17-12)18-8-10-3-1-2-9(6-16)13(10)15/h1-5,7H,8H2. The van der Waals surface area contributed by atoms with Crippen LogP contribution >= 0.6 is 0 Å². The molecule has 2 rings (SSSR count). The van der Waals surface area contributed by atoms with Crippen LogP contribution in [0.3, 0.4) is 0 Å². The zero-order valence-corrected chi connectivity index (χ0v) is 9.23. The van der Waals surface area contributed by atoms with E-state index in [1.807, 2.05) is 0 Å². The lowest BCUT2D eigenvalue weighted by atomic mass is 10.1. The summed E-state index contributed by atoms with van der Waals surface area (Å²) in [5.41, 5.74) is 0.228. The van der Waals surface area contributed by atoms with Gasteiger partial charge in [-0.05, 0) is 18.2 Å². The van der Waals surface area contributed by atoms with Gasteiger partial charge in [0.25, 0.3) is 0 Å². The molecule has 0 amide bonds. The second kappa shape index (κ2) is 5.23. The number of pyridine rings is 1. The molecule has 0 bridgehead atoms. The molecule has 0 aliphatic carbocycles. The first-order valence-corrected chi connectivity index (χ1v) is 5.12. The van der Waals surface area contributed by atoms with Gasteiger partial charge in [-0.3, -0.25) is 0 Å². The lowest BCUT2D eigenvalue weighted by Crippen LogP contribution is -2.00. The maximum atomic E-state index is 13.7. The van der Waals surface area contributed by atoms with E-state index in [0.717, 1.165) is 6.07 Å². The Bertz CT molecular complexity index is 591. The Morgan fingerprint density at radius 1 is 1.22 bits per heavy atom. The minimum Gasteiger partial charge on any atom is -0.487 e. The molecule has 0 aliphatic rings. The van der Waals surface area contributed by atoms with Crippen molar-refractivity contribution >= 4 is 0 Å². The van der Waals surface area contributed by atoms with E-state index in [9.17, 15) is 8.78 Å². The fourth-order valence-corrected chi connectivity index (χ4v) is 1.39. The average Bonchev–Trinajstić information content (AvgIpc) is 2.39. The lowest BCUT2D eigenvalue weighted by Gasteiger charge is -2.07. The van der Waals surface area contributed by atoms with E-state index in [1.54, 1.807) is 12.1 Å². The van der Waals surface area contributed by atoms with Crippen molar-refractivity contribution in [3.8, 4) is 11.8 Å². The molecule has 5 heteroatoms. The fourth-order valence-electron chi connectivity index (χ4n) is 1.39. The van der Waals surface area contributed by atoms with Crippen LogP contribution in [0.1, 0.15) is 11.1 Å². The summed E-state index contributed by atoms with van der Waals surface area (Å²) in [5.74, 6) is -0.881. The quantitative estimate of drug-likeness (QED) is 0.782. The highest BCUT2D eigenvalue weighted by atomic mass is 19.1. The van der Waals surface area contributed by atoms with Crippen molar-refractivity contribution in [1.82, 2.24) is 4.98 Å². The van der Waals surface area contributed by atoms with Crippen molar-refractivity contribution in [1.29, 1.82) is 5.26 Å². The van der Waals surface area contributed by atoms with Gasteiger partial charge in [0.05, 0.1) is 11.8 Å². The van der Waals surface area contributed by atoms with E-state index in [1.165, 1.54) is 24.4 Å². The second-order valence-electron chi connectivity index (χ2n) is 3.50. The van der Waals surface area contributed by atoms with Gasteiger partial charge in [-0.1, -0.05) is 12.1 Å². The molecule has 2 aromatic rings. The first-order chi connectivity index (χ1) is 8.70. The number of nitriles is 1. The molecule has 3 nitrogen and oxygen atoms in total. The summed E-state index contributed by atoms with van der Waals surface area (Å²) >= 11 is 0. The van der Waals surface area contributed by atoms with Crippen molar-refractivity contribution in [2.24, 2.45) is 0 Å². The third-order valence-corrected chi connectivity index (χ3v) is 2.29. The number of hydrogen-bond acceptors (Lipinski definition) is 3. The van der Waals surface area contributed by atoms with Gasteiger partial charge < -0.3 is 4.74 Å². The number of halogens is 2. The highest BCUT2D eigenvalue weighted by molar-refractivity contribution is 5.34. The van der Waals surface area contributed by atoms with Gasteiger partial charge in [0, 0.05) is 5.56 Å². The molecule has 18 heavy (non-hydrogen) atoms. The highest BCUT2D eigenvalue weighted by Crippen LogP contribution is 2.15. The van der Waals surface area contributed by atoms with Crippen molar-refractivity contribution < 1.29 is 13.5 Å². The molecule has 90 valence electrons. The van der Waals surface area contributed by atoms with Crippen LogP contribution in [0, 0.1) is 23.1 Å². The first-order valence-electron chi connectivity index (χ1n) is 5.12. The maximum absolute atomic E-state index is 13.7. The Kier molecular flexibility index (Phi) is 3.49. The molecule has 1 heterocycles. The number of hydrogen-bond donors (Lipinski definition) is 0. The van der Waals surface area contributed by atoms with Crippen LogP contribution < -0.4 is 4.74 Å². The summed E-state index contributed by atoms with van der Waals surface area (Å²) in [6.45, 7) is -0.0470. The molecule has 0 fully saturated rings. The van der Waals surface area contributed by atoms with Crippen LogP contribution in [0.25, 0.3) is 0 Å². The highest BCUT2D eigenvalue weighted by Gasteiger charge is 2.08. The Morgan fingerprint density at radius 2 is 2.06 bits per heavy atom. The molecular weight excluding hydrogens is 238 g/mol. The second-order valence-corrected chi connectivity index (χ2v) is 3.50. The maximum Gasteiger partial charge on any atom is 0.213 e. The average molecular weight is 246 g/mol. The molecule has 0 unspecified atom stereocenters. The summed E-state index contributed by atoms with van der Waals surface area (Å²) in [6.07, 6.45) is 1.21. The summed E-state index contributed by atoms with van der Waals surface area (Å²) < 4.78 is 31.5. The smallest absolute Gasteiger partial charge is 0.213 e. The Morgan fingerprint density at radius 3 is 2.72 bits per heavy atom. The Balaban J connectivity index is 2.11. The van der Waals surface area contributed by atoms with Crippen LogP contribution in [-0.2, 0) is 6.61 Å². The van der Waals surface area contributed by atoms with E-state index in [2.05, 4.69) is 4.98 Å². The van der Waals surface area contributed by atoms with Crippen LogP contribution in [0.4, 0.5) is 8.78 Å². The van der Waals surface area contributed by atoms with Gasteiger partial charge in [0.2, 0.25) is 5.95 Å². The summed E-state index contributed by atoms with van der Waals surface area (Å²) in [4.78, 5) is 3.41. The topological polar surface area (TPSA) is 45.9 Å². The lowest BCUT2D eigenvalue weighted by molar-refractivity contribution is 0.297. The van der Waals surface area contributed by atoms with E-state index >= 15 is 0 Å². The molecule has 0 radical (unpaired) electrons. The summed E-state index contributed by atoms with van der Waals surface area (Å²) in [7, 11) is 0. The van der Waals surface area contributed by atoms with Gasteiger partial charge in [-0.2, -0.15) is 9.65 Å². The van der Waals surface area contributed by atoms with Crippen molar-refractivity contribution in [2.75, 3.05) is 0 Å². The SMILES string of the molecule is N#Cc1cccc(COc2ccc(F)nc2)c1F. The number of nitrogens with zero attached hydrogens (tertiary/aromatic N) is 2. The molecule has 0 atom stereocenters. The van der Waals surface area contributed by atoms with E-state index in [-0.39, 0.29) is 17.7 Å². The molecule has 1 aromatic carbocycles. The van der Waals surface area contributed by atoms with Crippen LogP contribution in [0.5, 0.6) is 5.75 Å². The predicted molar refractivity (Wildman–Crippen MR) is 59.6 cm³/mol. The Labute approximate surface area is 102 Å². The van der Waals surface area contributed by atoms with E-state index in [0.29, 0.717) is 5.75 Å². The normalized spacial score (nSPS) is 9.83. The Hall–Kier alpha value is -2.48. The molecule has 0 saturated carbocycles. The first kappa shape index (κ1) is 12.0. The summed E-state index contributed by atoms with van der Waals surface area (Å²) in [5, 5.41) is 8.68. The van der Waals surface area contributed by atoms with Crippen molar-refractivity contribution in [3.05, 3.63) is 59.4 Å². The number of ether oxygens (including phenoxy) is 1. The minimum absolute atomic E-state index is 0.0340. The third-order valence-electron chi connectivity index (χ3n) is 2.29.